The van der Waals surface area contributed by atoms with Gasteiger partial charge >= 0.3 is 0 Å². The van der Waals surface area contributed by atoms with E-state index in [1.165, 1.54) is 25.7 Å². The van der Waals surface area contributed by atoms with E-state index in [2.05, 4.69) is 56.0 Å². The van der Waals surface area contributed by atoms with Gasteiger partial charge in [-0.1, -0.05) is 6.07 Å². The van der Waals surface area contributed by atoms with Gasteiger partial charge in [-0.15, -0.1) is 0 Å². The lowest BCUT2D eigenvalue weighted by Crippen LogP contribution is -1.93. The van der Waals surface area contributed by atoms with Crippen LogP contribution >= 0.6 is 38.5 Å². The predicted molar refractivity (Wildman–Crippen MR) is 59.1 cm³/mol. The highest BCUT2D eigenvalue weighted by Gasteiger charge is 2.13. The molecule has 0 unspecified atom stereocenters. The van der Waals surface area contributed by atoms with Crippen molar-refractivity contribution in [3.8, 4) is 0 Å². The van der Waals surface area contributed by atoms with Crippen molar-refractivity contribution in [1.29, 1.82) is 0 Å². The molecule has 2 rings (SSSR count). The Morgan fingerprint density at radius 1 is 1.45 bits per heavy atom. The molecule has 0 aliphatic carbocycles. The maximum atomic E-state index is 3.50. The van der Waals surface area contributed by atoms with Crippen molar-refractivity contribution in [1.82, 2.24) is 0 Å². The van der Waals surface area contributed by atoms with E-state index in [9.17, 15) is 0 Å². The first-order valence-corrected chi connectivity index (χ1v) is 5.37. The third-order valence-corrected chi connectivity index (χ3v) is 4.40. The van der Waals surface area contributed by atoms with Crippen LogP contribution in [-0.4, -0.2) is 6.54 Å². The lowest BCUT2D eigenvalue weighted by molar-refractivity contribution is 1.11. The highest BCUT2D eigenvalue weighted by atomic mass is 127. The molecule has 0 amide bonds. The van der Waals surface area contributed by atoms with Crippen LogP contribution in [0, 0.1) is 3.57 Å². The molecule has 0 saturated heterocycles. The molecule has 58 valence electrons. The average molecular weight is 324 g/mol. The molecule has 11 heavy (non-hydrogen) atoms. The second-order valence-electron chi connectivity index (χ2n) is 2.57. The fourth-order valence-corrected chi connectivity index (χ4v) is 2.36. The Balaban J connectivity index is 2.62. The summed E-state index contributed by atoms with van der Waals surface area (Å²) in [6, 6.07) is 4.30. The van der Waals surface area contributed by atoms with E-state index in [4.69, 9.17) is 0 Å². The van der Waals surface area contributed by atoms with Gasteiger partial charge in [-0.05, 0) is 56.6 Å². The summed E-state index contributed by atoms with van der Waals surface area (Å²) in [5.41, 5.74) is 2.76. The Morgan fingerprint density at radius 3 is 3.09 bits per heavy atom. The number of hydrogen-bond donors (Lipinski definition) is 1. The maximum absolute atomic E-state index is 3.50. The summed E-state index contributed by atoms with van der Waals surface area (Å²) in [7, 11) is 0. The first-order chi connectivity index (χ1) is 5.29. The SMILES string of the molecule is Brc1ccc2c(c1I)NCC2. The Morgan fingerprint density at radius 2 is 2.27 bits per heavy atom. The number of nitrogens with one attached hydrogen (secondary N) is 1. The quantitative estimate of drug-likeness (QED) is 0.724. The summed E-state index contributed by atoms with van der Waals surface area (Å²) in [5, 5.41) is 3.37. The van der Waals surface area contributed by atoms with Gasteiger partial charge in [0.25, 0.3) is 0 Å². The Hall–Kier alpha value is 0.230. The van der Waals surface area contributed by atoms with Gasteiger partial charge in [0.2, 0.25) is 0 Å². The molecule has 1 aromatic rings. The van der Waals surface area contributed by atoms with Crippen LogP contribution in [0.5, 0.6) is 0 Å². The third-order valence-electron chi connectivity index (χ3n) is 1.88. The van der Waals surface area contributed by atoms with Crippen LogP contribution in [0.2, 0.25) is 0 Å². The van der Waals surface area contributed by atoms with Gasteiger partial charge in [0.05, 0.1) is 9.26 Å². The van der Waals surface area contributed by atoms with Gasteiger partial charge < -0.3 is 5.32 Å². The van der Waals surface area contributed by atoms with Crippen LogP contribution in [0.4, 0.5) is 5.69 Å². The number of hydrogen-bond acceptors (Lipinski definition) is 1. The zero-order valence-electron chi connectivity index (χ0n) is 5.82. The van der Waals surface area contributed by atoms with Gasteiger partial charge in [-0.2, -0.15) is 0 Å². The van der Waals surface area contributed by atoms with E-state index >= 15 is 0 Å². The van der Waals surface area contributed by atoms with Crippen LogP contribution < -0.4 is 5.32 Å². The Kier molecular flexibility index (Phi) is 2.10. The Bertz CT molecular complexity index is 298. The normalized spacial score (nSPS) is 14.4. The van der Waals surface area contributed by atoms with E-state index < -0.39 is 0 Å². The highest BCUT2D eigenvalue weighted by molar-refractivity contribution is 14.1. The third kappa shape index (κ3) is 1.28. The standard InChI is InChI=1S/C8H7BrIN/c9-6-2-1-5-3-4-11-8(5)7(6)10/h1-2,11H,3-4H2. The minimum atomic E-state index is 1.09. The number of anilines is 1. The van der Waals surface area contributed by atoms with Crippen molar-refractivity contribution in [2.75, 3.05) is 11.9 Å². The van der Waals surface area contributed by atoms with Crippen LogP contribution in [0.3, 0.4) is 0 Å². The van der Waals surface area contributed by atoms with Gasteiger partial charge in [0, 0.05) is 11.0 Å². The largest absolute Gasteiger partial charge is 0.384 e. The van der Waals surface area contributed by atoms with Crippen molar-refractivity contribution in [2.24, 2.45) is 0 Å². The van der Waals surface area contributed by atoms with Crippen molar-refractivity contribution >= 4 is 44.2 Å². The Labute approximate surface area is 87.8 Å². The van der Waals surface area contributed by atoms with Crippen LogP contribution in [0.25, 0.3) is 0 Å². The smallest absolute Gasteiger partial charge is 0.0520 e. The van der Waals surface area contributed by atoms with Crippen molar-refractivity contribution < 1.29 is 0 Å². The summed E-state index contributed by atoms with van der Waals surface area (Å²) >= 11 is 5.86. The summed E-state index contributed by atoms with van der Waals surface area (Å²) in [5.74, 6) is 0. The highest BCUT2D eigenvalue weighted by Crippen LogP contribution is 2.32. The van der Waals surface area contributed by atoms with Crippen molar-refractivity contribution in [3.63, 3.8) is 0 Å². The van der Waals surface area contributed by atoms with Gasteiger partial charge in [0.15, 0.2) is 0 Å². The van der Waals surface area contributed by atoms with E-state index in [0.717, 1.165) is 6.54 Å². The molecule has 0 saturated carbocycles. The monoisotopic (exact) mass is 323 g/mol. The van der Waals surface area contributed by atoms with Crippen molar-refractivity contribution in [2.45, 2.75) is 6.42 Å². The molecule has 0 bridgehead atoms. The maximum Gasteiger partial charge on any atom is 0.0520 e. The lowest BCUT2D eigenvalue weighted by atomic mass is 10.2. The molecule has 0 fully saturated rings. The second-order valence-corrected chi connectivity index (χ2v) is 4.51. The molecule has 1 nitrogen and oxygen atoms in total. The molecule has 1 aliphatic rings. The minimum absolute atomic E-state index is 1.09. The van der Waals surface area contributed by atoms with Gasteiger partial charge in [-0.3, -0.25) is 0 Å². The number of fused-ring (bicyclic) bond motifs is 1. The molecule has 3 heteroatoms. The molecule has 1 heterocycles. The first-order valence-electron chi connectivity index (χ1n) is 3.50. The molecule has 1 aromatic carbocycles. The summed E-state index contributed by atoms with van der Waals surface area (Å²) in [6.07, 6.45) is 1.17. The molecule has 0 radical (unpaired) electrons. The topological polar surface area (TPSA) is 12.0 Å². The van der Waals surface area contributed by atoms with Crippen LogP contribution in [0.15, 0.2) is 16.6 Å². The van der Waals surface area contributed by atoms with Crippen molar-refractivity contribution in [3.05, 3.63) is 25.7 Å². The van der Waals surface area contributed by atoms with Gasteiger partial charge in [0.1, 0.15) is 0 Å². The minimum Gasteiger partial charge on any atom is -0.384 e. The summed E-state index contributed by atoms with van der Waals surface area (Å²) in [6.45, 7) is 1.09. The predicted octanol–water partition coefficient (Wildman–Crippen LogP) is 3.02. The zero-order valence-corrected chi connectivity index (χ0v) is 9.57. The summed E-state index contributed by atoms with van der Waals surface area (Å²) < 4.78 is 2.49. The number of rotatable bonds is 0. The van der Waals surface area contributed by atoms with Crippen LogP contribution in [0.1, 0.15) is 5.56 Å². The second kappa shape index (κ2) is 2.94. The van der Waals surface area contributed by atoms with E-state index in [1.807, 2.05) is 0 Å². The van der Waals surface area contributed by atoms with Crippen LogP contribution in [-0.2, 0) is 6.42 Å². The lowest BCUT2D eigenvalue weighted by Gasteiger charge is -2.03. The average Bonchev–Trinajstić information content (AvgIpc) is 2.45. The fourth-order valence-electron chi connectivity index (χ4n) is 1.31. The zero-order chi connectivity index (χ0) is 7.84. The van der Waals surface area contributed by atoms with E-state index in [-0.39, 0.29) is 0 Å². The molecule has 0 aromatic heterocycles. The summed E-state index contributed by atoms with van der Waals surface area (Å²) in [4.78, 5) is 0. The van der Waals surface area contributed by atoms with E-state index in [0.29, 0.717) is 0 Å². The fraction of sp³-hybridized carbons (Fsp3) is 0.250. The number of benzene rings is 1. The molecule has 0 atom stereocenters. The molecule has 1 aliphatic heterocycles. The molecular formula is C8H7BrIN. The first kappa shape index (κ1) is 7.86. The van der Waals surface area contributed by atoms with E-state index in [1.54, 1.807) is 0 Å². The van der Waals surface area contributed by atoms with Gasteiger partial charge in [-0.25, -0.2) is 0 Å². The number of halogens is 2. The molecule has 0 spiro atoms. The molecular weight excluding hydrogens is 317 g/mol. The molecule has 1 N–H and O–H groups in total.